The molecule has 0 bridgehead atoms. The monoisotopic (exact) mass is 347 g/mol. The summed E-state index contributed by atoms with van der Waals surface area (Å²) >= 11 is 0. The summed E-state index contributed by atoms with van der Waals surface area (Å²) < 4.78 is 5.30. The summed E-state index contributed by atoms with van der Waals surface area (Å²) in [6.07, 6.45) is 0.952. The third-order valence-electron chi connectivity index (χ3n) is 4.89. The Morgan fingerprint density at radius 1 is 1.19 bits per heavy atom. The van der Waals surface area contributed by atoms with Crippen LogP contribution in [0.5, 0.6) is 5.75 Å². The van der Waals surface area contributed by atoms with Crippen LogP contribution < -0.4 is 4.74 Å². The number of hydrogen-bond donors (Lipinski definition) is 1. The molecule has 4 rings (SSSR count). The van der Waals surface area contributed by atoms with E-state index in [1.165, 1.54) is 0 Å². The molecule has 0 spiro atoms. The Bertz CT molecular complexity index is 933. The van der Waals surface area contributed by atoms with Gasteiger partial charge in [0.05, 0.1) is 13.2 Å². The molecule has 2 aromatic carbocycles. The normalized spacial score (nSPS) is 16.2. The van der Waals surface area contributed by atoms with Crippen molar-refractivity contribution in [2.24, 2.45) is 0 Å². The van der Waals surface area contributed by atoms with Gasteiger partial charge in [0.25, 0.3) is 5.91 Å². The van der Waals surface area contributed by atoms with Crippen LogP contribution in [0.4, 0.5) is 0 Å². The van der Waals surface area contributed by atoms with E-state index in [1.54, 1.807) is 7.11 Å². The maximum absolute atomic E-state index is 13.0. The van der Waals surface area contributed by atoms with Gasteiger partial charge in [0.2, 0.25) is 0 Å². The van der Waals surface area contributed by atoms with Gasteiger partial charge in [-0.15, -0.1) is 0 Å². The van der Waals surface area contributed by atoms with Crippen molar-refractivity contribution >= 4 is 5.91 Å². The Kier molecular flexibility index (Phi) is 4.21. The number of hydrogen-bond acceptors (Lipinski definition) is 3. The number of nitrogens with zero attached hydrogens (tertiary/aromatic N) is 2. The fourth-order valence-electron chi connectivity index (χ4n) is 3.36. The predicted octanol–water partition coefficient (Wildman–Crippen LogP) is 3.98. The zero-order chi connectivity index (χ0) is 18.1. The van der Waals surface area contributed by atoms with Gasteiger partial charge in [-0.25, -0.2) is 4.98 Å². The highest BCUT2D eigenvalue weighted by Crippen LogP contribution is 2.36. The van der Waals surface area contributed by atoms with E-state index in [0.717, 1.165) is 41.4 Å². The van der Waals surface area contributed by atoms with Crippen molar-refractivity contribution in [1.29, 1.82) is 0 Å². The van der Waals surface area contributed by atoms with Crippen LogP contribution in [-0.2, 0) is 0 Å². The molecule has 132 valence electrons. The van der Waals surface area contributed by atoms with Crippen LogP contribution in [0.25, 0.3) is 11.4 Å². The molecule has 0 radical (unpaired) electrons. The molecule has 1 atom stereocenters. The van der Waals surface area contributed by atoms with E-state index < -0.39 is 0 Å². The van der Waals surface area contributed by atoms with Crippen molar-refractivity contribution in [3.63, 3.8) is 0 Å². The number of imidazole rings is 1. The SMILES string of the molecule is COc1cccc([C@@H]2CCN2C(=O)c2nc(-c3ccccc3)[nH]c2C)c1. The number of likely N-dealkylation sites (tertiary alicyclic amines) is 1. The van der Waals surface area contributed by atoms with Crippen molar-refractivity contribution in [2.75, 3.05) is 13.7 Å². The second kappa shape index (κ2) is 6.67. The number of carbonyl (C=O) groups excluding carboxylic acids is 1. The molecule has 3 aromatic rings. The van der Waals surface area contributed by atoms with Crippen LogP contribution in [0.3, 0.4) is 0 Å². The summed E-state index contributed by atoms with van der Waals surface area (Å²) in [4.78, 5) is 22.7. The van der Waals surface area contributed by atoms with E-state index >= 15 is 0 Å². The second-order valence-corrected chi connectivity index (χ2v) is 6.50. The smallest absolute Gasteiger partial charge is 0.274 e. The van der Waals surface area contributed by atoms with E-state index in [9.17, 15) is 4.79 Å². The fourth-order valence-corrected chi connectivity index (χ4v) is 3.36. The lowest BCUT2D eigenvalue weighted by molar-refractivity contribution is 0.0453. The Morgan fingerprint density at radius 3 is 2.69 bits per heavy atom. The molecule has 0 saturated carbocycles. The summed E-state index contributed by atoms with van der Waals surface area (Å²) in [5.41, 5.74) is 3.37. The maximum Gasteiger partial charge on any atom is 0.274 e. The van der Waals surface area contributed by atoms with Crippen LogP contribution in [-0.4, -0.2) is 34.4 Å². The largest absolute Gasteiger partial charge is 0.497 e. The number of aromatic amines is 1. The van der Waals surface area contributed by atoms with Gasteiger partial charge < -0.3 is 14.6 Å². The zero-order valence-corrected chi connectivity index (χ0v) is 14.9. The topological polar surface area (TPSA) is 58.2 Å². The number of amides is 1. The molecule has 1 aromatic heterocycles. The van der Waals surface area contributed by atoms with Gasteiger partial charge in [0.15, 0.2) is 0 Å². The van der Waals surface area contributed by atoms with Gasteiger partial charge in [0, 0.05) is 17.8 Å². The second-order valence-electron chi connectivity index (χ2n) is 6.50. The number of rotatable bonds is 4. The van der Waals surface area contributed by atoms with E-state index in [2.05, 4.69) is 9.97 Å². The van der Waals surface area contributed by atoms with Crippen LogP contribution >= 0.6 is 0 Å². The third-order valence-corrected chi connectivity index (χ3v) is 4.89. The minimum absolute atomic E-state index is 0.0278. The number of carbonyl (C=O) groups is 1. The molecule has 1 aliphatic heterocycles. The van der Waals surface area contributed by atoms with Gasteiger partial charge in [0.1, 0.15) is 17.3 Å². The molecule has 1 fully saturated rings. The Hall–Kier alpha value is -3.08. The van der Waals surface area contributed by atoms with E-state index in [0.29, 0.717) is 5.69 Å². The van der Waals surface area contributed by atoms with Crippen LogP contribution in [0.1, 0.15) is 34.2 Å². The first-order valence-electron chi connectivity index (χ1n) is 8.74. The highest BCUT2D eigenvalue weighted by atomic mass is 16.5. The molecule has 1 saturated heterocycles. The molecule has 26 heavy (non-hydrogen) atoms. The van der Waals surface area contributed by atoms with Gasteiger partial charge in [-0.3, -0.25) is 4.79 Å². The van der Waals surface area contributed by atoms with Gasteiger partial charge in [-0.05, 0) is 31.0 Å². The number of H-pyrrole nitrogens is 1. The third kappa shape index (κ3) is 2.86. The van der Waals surface area contributed by atoms with Crippen molar-refractivity contribution in [3.8, 4) is 17.1 Å². The molecule has 5 nitrogen and oxygen atoms in total. The highest BCUT2D eigenvalue weighted by Gasteiger charge is 2.35. The lowest BCUT2D eigenvalue weighted by Crippen LogP contribution is -2.45. The number of ether oxygens (including phenoxy) is 1. The molecule has 1 aliphatic rings. The van der Waals surface area contributed by atoms with E-state index in [4.69, 9.17) is 4.74 Å². The molecular weight excluding hydrogens is 326 g/mol. The van der Waals surface area contributed by atoms with Crippen LogP contribution in [0.15, 0.2) is 54.6 Å². The molecular formula is C21H21N3O2. The quantitative estimate of drug-likeness (QED) is 0.776. The van der Waals surface area contributed by atoms with E-state index in [1.807, 2.05) is 66.4 Å². The number of methoxy groups -OCH3 is 1. The summed E-state index contributed by atoms with van der Waals surface area (Å²) in [5.74, 6) is 1.51. The lowest BCUT2D eigenvalue weighted by atomic mass is 9.94. The molecule has 1 N–H and O–H groups in total. The van der Waals surface area contributed by atoms with Crippen molar-refractivity contribution in [1.82, 2.24) is 14.9 Å². The van der Waals surface area contributed by atoms with Crippen LogP contribution in [0, 0.1) is 6.92 Å². The van der Waals surface area contributed by atoms with Gasteiger partial charge in [-0.1, -0.05) is 42.5 Å². The number of aromatic nitrogens is 2. The van der Waals surface area contributed by atoms with Crippen molar-refractivity contribution in [3.05, 3.63) is 71.5 Å². The number of aryl methyl sites for hydroxylation is 1. The van der Waals surface area contributed by atoms with E-state index in [-0.39, 0.29) is 11.9 Å². The average molecular weight is 347 g/mol. The number of benzene rings is 2. The van der Waals surface area contributed by atoms with Crippen LogP contribution in [0.2, 0.25) is 0 Å². The first-order chi connectivity index (χ1) is 12.7. The van der Waals surface area contributed by atoms with Crippen molar-refractivity contribution < 1.29 is 9.53 Å². The van der Waals surface area contributed by atoms with Crippen molar-refractivity contribution in [2.45, 2.75) is 19.4 Å². The minimum atomic E-state index is -0.0278. The average Bonchev–Trinajstić information content (AvgIpc) is 3.03. The maximum atomic E-state index is 13.0. The molecule has 0 aliphatic carbocycles. The van der Waals surface area contributed by atoms with Gasteiger partial charge >= 0.3 is 0 Å². The summed E-state index contributed by atoms with van der Waals surface area (Å²) in [6, 6.07) is 17.8. The molecule has 0 unspecified atom stereocenters. The Morgan fingerprint density at radius 2 is 2.00 bits per heavy atom. The Labute approximate surface area is 152 Å². The summed E-state index contributed by atoms with van der Waals surface area (Å²) in [7, 11) is 1.65. The van der Waals surface area contributed by atoms with Gasteiger partial charge in [-0.2, -0.15) is 0 Å². The molecule has 2 heterocycles. The number of nitrogens with one attached hydrogen (secondary N) is 1. The molecule has 5 heteroatoms. The standard InChI is InChI=1S/C21H21N3O2/c1-14-19(23-20(22-14)15-7-4-3-5-8-15)21(25)24-12-11-18(24)16-9-6-10-17(13-16)26-2/h3-10,13,18H,11-12H2,1-2H3,(H,22,23)/t18-/m0/s1. The first kappa shape index (κ1) is 16.4. The Balaban J connectivity index is 1.59. The lowest BCUT2D eigenvalue weighted by Gasteiger charge is -2.41. The fraction of sp³-hybridized carbons (Fsp3) is 0.238. The predicted molar refractivity (Wildman–Crippen MR) is 100 cm³/mol. The summed E-state index contributed by atoms with van der Waals surface area (Å²) in [6.45, 7) is 2.64. The highest BCUT2D eigenvalue weighted by molar-refractivity contribution is 5.95. The zero-order valence-electron chi connectivity index (χ0n) is 14.9. The molecule has 1 amide bonds. The first-order valence-corrected chi connectivity index (χ1v) is 8.74. The minimum Gasteiger partial charge on any atom is -0.497 e. The summed E-state index contributed by atoms with van der Waals surface area (Å²) in [5, 5.41) is 0.